The van der Waals surface area contributed by atoms with Crippen LogP contribution in [0.2, 0.25) is 0 Å². The van der Waals surface area contributed by atoms with Crippen molar-refractivity contribution in [3.63, 3.8) is 0 Å². The zero-order valence-electron chi connectivity index (χ0n) is 13.3. The molecule has 116 valence electrons. The molecule has 0 saturated carbocycles. The van der Waals surface area contributed by atoms with Gasteiger partial charge in [0, 0.05) is 25.4 Å². The van der Waals surface area contributed by atoms with Crippen LogP contribution in [-0.4, -0.2) is 31.3 Å². The van der Waals surface area contributed by atoms with Gasteiger partial charge in [-0.05, 0) is 43.2 Å². The molecule has 2 aliphatic heterocycles. The van der Waals surface area contributed by atoms with E-state index in [1.54, 1.807) is 0 Å². The van der Waals surface area contributed by atoms with Gasteiger partial charge in [0.1, 0.15) is 0 Å². The maximum Gasteiger partial charge on any atom is 0.0620 e. The Balaban J connectivity index is 1.93. The zero-order chi connectivity index (χ0) is 14.9. The van der Waals surface area contributed by atoms with E-state index >= 15 is 0 Å². The maximum atomic E-state index is 6.29. The van der Waals surface area contributed by atoms with Gasteiger partial charge >= 0.3 is 0 Å². The first kappa shape index (κ1) is 14.9. The SMILES string of the molecule is CC(C)C1CC(CN)(N2CCCc3ccccc32)CCO1. The van der Waals surface area contributed by atoms with Crippen LogP contribution < -0.4 is 10.6 Å². The molecule has 1 aromatic rings. The van der Waals surface area contributed by atoms with Crippen molar-refractivity contribution in [3.8, 4) is 0 Å². The first-order valence-electron chi connectivity index (χ1n) is 8.33. The van der Waals surface area contributed by atoms with Gasteiger partial charge in [0.2, 0.25) is 0 Å². The minimum atomic E-state index is 0.0731. The van der Waals surface area contributed by atoms with Crippen LogP contribution in [-0.2, 0) is 11.2 Å². The van der Waals surface area contributed by atoms with Crippen LogP contribution in [0.25, 0.3) is 0 Å². The molecule has 1 fully saturated rings. The molecule has 3 rings (SSSR count). The highest BCUT2D eigenvalue weighted by atomic mass is 16.5. The second kappa shape index (κ2) is 5.98. The molecular weight excluding hydrogens is 260 g/mol. The number of ether oxygens (including phenoxy) is 1. The zero-order valence-corrected chi connectivity index (χ0v) is 13.3. The lowest BCUT2D eigenvalue weighted by molar-refractivity contribution is -0.0425. The third-order valence-electron chi connectivity index (χ3n) is 5.29. The van der Waals surface area contributed by atoms with Gasteiger partial charge in [-0.25, -0.2) is 0 Å². The molecule has 0 spiro atoms. The van der Waals surface area contributed by atoms with Crippen LogP contribution in [0.15, 0.2) is 24.3 Å². The summed E-state index contributed by atoms with van der Waals surface area (Å²) in [5, 5.41) is 0. The van der Waals surface area contributed by atoms with Crippen LogP contribution in [0.1, 0.15) is 38.7 Å². The molecule has 0 amide bonds. The second-order valence-corrected chi connectivity index (χ2v) is 6.92. The lowest BCUT2D eigenvalue weighted by Crippen LogP contribution is -2.60. The van der Waals surface area contributed by atoms with Gasteiger partial charge in [0.15, 0.2) is 0 Å². The molecule has 3 nitrogen and oxygen atoms in total. The van der Waals surface area contributed by atoms with E-state index in [1.807, 2.05) is 0 Å². The van der Waals surface area contributed by atoms with Crippen molar-refractivity contribution >= 4 is 5.69 Å². The summed E-state index contributed by atoms with van der Waals surface area (Å²) < 4.78 is 5.99. The molecule has 0 aliphatic carbocycles. The van der Waals surface area contributed by atoms with Gasteiger partial charge in [-0.15, -0.1) is 0 Å². The highest BCUT2D eigenvalue weighted by molar-refractivity contribution is 5.57. The van der Waals surface area contributed by atoms with E-state index in [9.17, 15) is 0 Å². The quantitative estimate of drug-likeness (QED) is 0.929. The first-order chi connectivity index (χ1) is 10.2. The molecule has 0 bridgehead atoms. The fourth-order valence-electron chi connectivity index (χ4n) is 3.93. The second-order valence-electron chi connectivity index (χ2n) is 6.92. The van der Waals surface area contributed by atoms with Crippen molar-refractivity contribution in [2.75, 3.05) is 24.6 Å². The average Bonchev–Trinajstić information content (AvgIpc) is 2.54. The summed E-state index contributed by atoms with van der Waals surface area (Å²) in [5.41, 5.74) is 9.24. The number of fused-ring (bicyclic) bond motifs is 1. The van der Waals surface area contributed by atoms with E-state index in [1.165, 1.54) is 24.1 Å². The van der Waals surface area contributed by atoms with Crippen LogP contribution in [0.4, 0.5) is 5.69 Å². The minimum Gasteiger partial charge on any atom is -0.378 e. The van der Waals surface area contributed by atoms with Crippen LogP contribution in [0, 0.1) is 5.92 Å². The van der Waals surface area contributed by atoms with E-state index in [2.05, 4.69) is 43.0 Å². The van der Waals surface area contributed by atoms with Gasteiger partial charge in [-0.2, -0.15) is 0 Å². The Labute approximate surface area is 128 Å². The molecular formula is C18H28N2O. The van der Waals surface area contributed by atoms with Crippen LogP contribution in [0.5, 0.6) is 0 Å². The van der Waals surface area contributed by atoms with Crippen molar-refractivity contribution in [2.24, 2.45) is 11.7 Å². The Morgan fingerprint density at radius 2 is 2.19 bits per heavy atom. The summed E-state index contributed by atoms with van der Waals surface area (Å²) >= 11 is 0. The summed E-state index contributed by atoms with van der Waals surface area (Å²) in [7, 11) is 0. The normalized spacial score (nSPS) is 29.5. The molecule has 2 N–H and O–H groups in total. The van der Waals surface area contributed by atoms with Gasteiger partial charge in [-0.3, -0.25) is 0 Å². The summed E-state index contributed by atoms with van der Waals surface area (Å²) in [6.07, 6.45) is 4.84. The van der Waals surface area contributed by atoms with E-state index in [4.69, 9.17) is 10.5 Å². The van der Waals surface area contributed by atoms with E-state index in [0.29, 0.717) is 18.6 Å². The molecule has 2 unspecified atom stereocenters. The standard InChI is InChI=1S/C18H28N2O/c1-14(2)17-12-18(13-19,9-11-21-17)20-10-5-7-15-6-3-4-8-16(15)20/h3-4,6,8,14,17H,5,7,9-13,19H2,1-2H3. The third kappa shape index (κ3) is 2.69. The Morgan fingerprint density at radius 3 is 2.95 bits per heavy atom. The maximum absolute atomic E-state index is 6.29. The van der Waals surface area contributed by atoms with Gasteiger partial charge in [0.05, 0.1) is 11.6 Å². The molecule has 2 atom stereocenters. The number of para-hydroxylation sites is 1. The predicted octanol–water partition coefficient (Wildman–Crippen LogP) is 2.97. The average molecular weight is 288 g/mol. The predicted molar refractivity (Wildman–Crippen MR) is 87.7 cm³/mol. The highest BCUT2D eigenvalue weighted by Gasteiger charge is 2.42. The minimum absolute atomic E-state index is 0.0731. The van der Waals surface area contributed by atoms with Crippen LogP contribution in [0.3, 0.4) is 0 Å². The number of nitrogens with zero attached hydrogens (tertiary/aromatic N) is 1. The number of aryl methyl sites for hydroxylation is 1. The highest BCUT2D eigenvalue weighted by Crippen LogP contribution is 2.39. The third-order valence-corrected chi connectivity index (χ3v) is 5.29. The smallest absolute Gasteiger partial charge is 0.0620 e. The van der Waals surface area contributed by atoms with E-state index in [-0.39, 0.29) is 5.54 Å². The number of rotatable bonds is 3. The van der Waals surface area contributed by atoms with Gasteiger partial charge in [0.25, 0.3) is 0 Å². The fourth-order valence-corrected chi connectivity index (χ4v) is 3.93. The topological polar surface area (TPSA) is 38.5 Å². The lowest BCUT2D eigenvalue weighted by Gasteiger charge is -2.51. The Kier molecular flexibility index (Phi) is 4.23. The summed E-state index contributed by atoms with van der Waals surface area (Å²) in [5.74, 6) is 0.552. The first-order valence-corrected chi connectivity index (χ1v) is 8.33. The van der Waals surface area contributed by atoms with Crippen molar-refractivity contribution in [1.29, 1.82) is 0 Å². The summed E-state index contributed by atoms with van der Waals surface area (Å²) in [6, 6.07) is 8.84. The van der Waals surface area contributed by atoms with Crippen molar-refractivity contribution < 1.29 is 4.74 Å². The number of nitrogens with two attached hydrogens (primary N) is 1. The molecule has 2 aliphatic rings. The van der Waals surface area contributed by atoms with E-state index < -0.39 is 0 Å². The number of hydrogen-bond donors (Lipinski definition) is 1. The molecule has 0 aromatic heterocycles. The molecule has 2 heterocycles. The monoisotopic (exact) mass is 288 g/mol. The Morgan fingerprint density at radius 1 is 1.38 bits per heavy atom. The number of anilines is 1. The van der Waals surface area contributed by atoms with Gasteiger partial charge < -0.3 is 15.4 Å². The number of hydrogen-bond acceptors (Lipinski definition) is 3. The van der Waals surface area contributed by atoms with Crippen molar-refractivity contribution in [3.05, 3.63) is 29.8 Å². The van der Waals surface area contributed by atoms with Crippen molar-refractivity contribution in [2.45, 2.75) is 51.2 Å². The molecule has 3 heteroatoms. The molecule has 21 heavy (non-hydrogen) atoms. The summed E-state index contributed by atoms with van der Waals surface area (Å²) in [6.45, 7) is 7.18. The number of benzene rings is 1. The van der Waals surface area contributed by atoms with Crippen molar-refractivity contribution in [1.82, 2.24) is 0 Å². The van der Waals surface area contributed by atoms with E-state index in [0.717, 1.165) is 26.0 Å². The molecule has 1 saturated heterocycles. The van der Waals surface area contributed by atoms with Gasteiger partial charge in [-0.1, -0.05) is 32.0 Å². The Bertz CT molecular complexity index is 488. The molecule has 0 radical (unpaired) electrons. The lowest BCUT2D eigenvalue weighted by atomic mass is 9.80. The Hall–Kier alpha value is -1.06. The van der Waals surface area contributed by atoms with Crippen LogP contribution >= 0.6 is 0 Å². The molecule has 1 aromatic carbocycles. The fraction of sp³-hybridized carbons (Fsp3) is 0.667. The largest absolute Gasteiger partial charge is 0.378 e. The summed E-state index contributed by atoms with van der Waals surface area (Å²) in [4.78, 5) is 2.60.